The van der Waals surface area contributed by atoms with Gasteiger partial charge in [-0.3, -0.25) is 0 Å². The summed E-state index contributed by atoms with van der Waals surface area (Å²) in [6.07, 6.45) is 4.23. The van der Waals surface area contributed by atoms with Crippen LogP contribution in [0.1, 0.15) is 22.3 Å². The predicted molar refractivity (Wildman–Crippen MR) is 180 cm³/mol. The summed E-state index contributed by atoms with van der Waals surface area (Å²) in [7, 11) is 0. The Balaban J connectivity index is 1.34. The SMILES string of the molecule is Brc1ccc(Br)c(C#Cc2cn(-c3ccccc3)c3ccccc23)c1C#Cc1cn(-c2ccccc2)c2ccccc12. The average Bonchev–Trinajstić information content (AvgIpc) is 3.60. The third kappa shape index (κ3) is 4.86. The first-order valence-corrected chi connectivity index (χ1v) is 15.1. The molecule has 0 saturated heterocycles. The lowest BCUT2D eigenvalue weighted by Crippen LogP contribution is -1.90. The highest BCUT2D eigenvalue weighted by molar-refractivity contribution is 9.11. The van der Waals surface area contributed by atoms with Gasteiger partial charge in [0.1, 0.15) is 0 Å². The highest BCUT2D eigenvalue weighted by Crippen LogP contribution is 2.29. The van der Waals surface area contributed by atoms with Gasteiger partial charge < -0.3 is 9.13 Å². The average molecular weight is 666 g/mol. The van der Waals surface area contributed by atoms with Gasteiger partial charge in [0.05, 0.1) is 33.3 Å². The summed E-state index contributed by atoms with van der Waals surface area (Å²) in [6.45, 7) is 0. The van der Waals surface area contributed by atoms with Crippen LogP contribution in [0.5, 0.6) is 0 Å². The van der Waals surface area contributed by atoms with E-state index < -0.39 is 0 Å². The summed E-state index contributed by atoms with van der Waals surface area (Å²) in [4.78, 5) is 0. The molecule has 5 aromatic carbocycles. The van der Waals surface area contributed by atoms with Crippen LogP contribution in [-0.4, -0.2) is 9.13 Å². The lowest BCUT2D eigenvalue weighted by Gasteiger charge is -2.04. The highest BCUT2D eigenvalue weighted by atomic mass is 79.9. The molecule has 7 aromatic rings. The summed E-state index contributed by atoms with van der Waals surface area (Å²) < 4.78 is 6.19. The van der Waals surface area contributed by atoms with Crippen LogP contribution in [0.4, 0.5) is 0 Å². The lowest BCUT2D eigenvalue weighted by atomic mass is 10.1. The Morgan fingerprint density at radius 2 is 0.786 bits per heavy atom. The second-order valence-electron chi connectivity index (χ2n) is 9.81. The minimum absolute atomic E-state index is 0.847. The van der Waals surface area contributed by atoms with Crippen molar-refractivity contribution in [2.45, 2.75) is 0 Å². The third-order valence-corrected chi connectivity index (χ3v) is 8.56. The van der Waals surface area contributed by atoms with Gasteiger partial charge in [0.25, 0.3) is 0 Å². The molecule has 0 unspecified atom stereocenters. The number of fused-ring (bicyclic) bond motifs is 2. The lowest BCUT2D eigenvalue weighted by molar-refractivity contribution is 1.13. The van der Waals surface area contributed by atoms with Crippen molar-refractivity contribution in [2.75, 3.05) is 0 Å². The summed E-state index contributed by atoms with van der Waals surface area (Å²) in [5.41, 5.74) is 8.07. The van der Waals surface area contributed by atoms with Gasteiger partial charge in [-0.15, -0.1) is 0 Å². The van der Waals surface area contributed by atoms with Gasteiger partial charge in [-0.2, -0.15) is 0 Å². The minimum Gasteiger partial charge on any atom is -0.315 e. The van der Waals surface area contributed by atoms with Gasteiger partial charge in [-0.1, -0.05) is 96.5 Å². The molecule has 2 aromatic heterocycles. The van der Waals surface area contributed by atoms with E-state index in [4.69, 9.17) is 0 Å². The summed E-state index contributed by atoms with van der Waals surface area (Å²) in [6, 6.07) is 41.5. The molecule has 0 atom stereocenters. The normalized spacial score (nSPS) is 10.7. The number of halogens is 2. The Hall–Kier alpha value is -4.74. The van der Waals surface area contributed by atoms with E-state index in [0.29, 0.717) is 0 Å². The molecule has 0 aliphatic heterocycles. The molecule has 0 N–H and O–H groups in total. The molecular formula is C38H22Br2N2. The molecule has 42 heavy (non-hydrogen) atoms. The smallest absolute Gasteiger partial charge is 0.0559 e. The maximum atomic E-state index is 3.75. The molecule has 0 spiro atoms. The largest absolute Gasteiger partial charge is 0.315 e. The molecule has 0 saturated carbocycles. The van der Waals surface area contributed by atoms with Crippen LogP contribution in [-0.2, 0) is 0 Å². The zero-order valence-corrected chi connectivity index (χ0v) is 25.5. The Kier molecular flexibility index (Phi) is 7.02. The van der Waals surface area contributed by atoms with Crippen LogP contribution in [0.15, 0.2) is 143 Å². The summed E-state index contributed by atoms with van der Waals surface area (Å²) in [5, 5.41) is 2.22. The van der Waals surface area contributed by atoms with E-state index in [1.54, 1.807) is 0 Å². The fraction of sp³-hybridized carbons (Fsp3) is 0. The van der Waals surface area contributed by atoms with Gasteiger partial charge in [0.15, 0.2) is 0 Å². The Bertz CT molecular complexity index is 2060. The van der Waals surface area contributed by atoms with Gasteiger partial charge >= 0.3 is 0 Å². The fourth-order valence-corrected chi connectivity index (χ4v) is 6.08. The molecule has 0 bridgehead atoms. The fourth-order valence-electron chi connectivity index (χ4n) is 5.22. The molecule has 4 heteroatoms. The van der Waals surface area contributed by atoms with E-state index in [2.05, 4.69) is 174 Å². The molecule has 2 heterocycles. The first kappa shape index (κ1) is 26.2. The van der Waals surface area contributed by atoms with E-state index in [0.717, 1.165) is 64.4 Å². The number of nitrogens with zero attached hydrogens (tertiary/aromatic N) is 2. The third-order valence-electron chi connectivity index (χ3n) is 7.24. The predicted octanol–water partition coefficient (Wildman–Crippen LogP) is 9.90. The van der Waals surface area contributed by atoms with Crippen molar-refractivity contribution in [3.63, 3.8) is 0 Å². The van der Waals surface area contributed by atoms with Crippen molar-refractivity contribution in [1.29, 1.82) is 0 Å². The maximum Gasteiger partial charge on any atom is 0.0559 e. The van der Waals surface area contributed by atoms with E-state index in [9.17, 15) is 0 Å². The highest BCUT2D eigenvalue weighted by Gasteiger charge is 2.12. The van der Waals surface area contributed by atoms with Gasteiger partial charge in [-0.05, 0) is 80.4 Å². The summed E-state index contributed by atoms with van der Waals surface area (Å²) >= 11 is 7.49. The zero-order valence-electron chi connectivity index (χ0n) is 22.4. The van der Waals surface area contributed by atoms with E-state index in [-0.39, 0.29) is 0 Å². The summed E-state index contributed by atoms with van der Waals surface area (Å²) in [5.74, 6) is 13.8. The number of para-hydroxylation sites is 4. The molecular weight excluding hydrogens is 644 g/mol. The van der Waals surface area contributed by atoms with Crippen molar-refractivity contribution < 1.29 is 0 Å². The number of hydrogen-bond acceptors (Lipinski definition) is 0. The van der Waals surface area contributed by atoms with E-state index in [1.165, 1.54) is 0 Å². The Morgan fingerprint density at radius 3 is 1.21 bits per heavy atom. The zero-order chi connectivity index (χ0) is 28.5. The van der Waals surface area contributed by atoms with Crippen LogP contribution >= 0.6 is 31.9 Å². The Labute approximate surface area is 261 Å². The molecule has 0 amide bonds. The second kappa shape index (κ2) is 11.3. The number of rotatable bonds is 2. The van der Waals surface area contributed by atoms with E-state index >= 15 is 0 Å². The topological polar surface area (TPSA) is 9.86 Å². The van der Waals surface area contributed by atoms with E-state index in [1.807, 2.05) is 24.3 Å². The quantitative estimate of drug-likeness (QED) is 0.163. The van der Waals surface area contributed by atoms with Crippen LogP contribution in [0.2, 0.25) is 0 Å². The number of aromatic nitrogens is 2. The standard InChI is InChI=1S/C38H22Br2N2/c39-35-23-24-36(40)34(22-20-28-26-42(30-13-5-2-6-14-30)38-18-10-8-16-32(28)38)33(35)21-19-27-25-41(29-11-3-1-4-12-29)37-17-9-7-15-31(27)37/h1-18,23-26H. The molecule has 198 valence electrons. The van der Waals surface area contributed by atoms with Gasteiger partial charge in [-0.25, -0.2) is 0 Å². The van der Waals surface area contributed by atoms with Crippen molar-refractivity contribution in [1.82, 2.24) is 9.13 Å². The van der Waals surface area contributed by atoms with Crippen molar-refractivity contribution in [3.05, 3.63) is 165 Å². The second-order valence-corrected chi connectivity index (χ2v) is 11.5. The van der Waals surface area contributed by atoms with Crippen LogP contribution in [0, 0.1) is 23.7 Å². The molecule has 0 fully saturated rings. The molecule has 0 radical (unpaired) electrons. The number of benzene rings is 5. The van der Waals surface area contributed by atoms with Crippen LogP contribution < -0.4 is 0 Å². The van der Waals surface area contributed by atoms with Crippen molar-refractivity contribution in [3.8, 4) is 35.1 Å². The van der Waals surface area contributed by atoms with Crippen molar-refractivity contribution in [2.24, 2.45) is 0 Å². The number of hydrogen-bond donors (Lipinski definition) is 0. The monoisotopic (exact) mass is 664 g/mol. The van der Waals surface area contributed by atoms with Gasteiger partial charge in [0.2, 0.25) is 0 Å². The maximum absolute atomic E-state index is 3.75. The molecule has 0 aliphatic carbocycles. The first-order valence-electron chi connectivity index (χ1n) is 13.5. The first-order chi connectivity index (χ1) is 20.7. The molecule has 7 rings (SSSR count). The van der Waals surface area contributed by atoms with Crippen LogP contribution in [0.25, 0.3) is 33.2 Å². The molecule has 2 nitrogen and oxygen atoms in total. The van der Waals surface area contributed by atoms with Crippen LogP contribution in [0.3, 0.4) is 0 Å². The minimum atomic E-state index is 0.847. The van der Waals surface area contributed by atoms with Crippen molar-refractivity contribution >= 4 is 53.7 Å². The Morgan fingerprint density at radius 1 is 0.405 bits per heavy atom. The van der Waals surface area contributed by atoms with Gasteiger partial charge in [0, 0.05) is 43.5 Å². The molecule has 0 aliphatic rings.